The summed E-state index contributed by atoms with van der Waals surface area (Å²) in [5.74, 6) is 2.05. The molecule has 13 heteroatoms. The molecule has 11 nitrogen and oxygen atoms in total. The van der Waals surface area contributed by atoms with Gasteiger partial charge in [-0.1, -0.05) is 6.92 Å². The lowest BCUT2D eigenvalue weighted by Gasteiger charge is -2.43. The van der Waals surface area contributed by atoms with E-state index in [1.807, 2.05) is 18.2 Å². The highest BCUT2D eigenvalue weighted by Gasteiger charge is 2.28. The van der Waals surface area contributed by atoms with E-state index in [2.05, 4.69) is 66.4 Å². The number of piperidine rings is 1. The predicted octanol–water partition coefficient (Wildman–Crippen LogP) is 4.25. The standard InChI is InChI=1S/C35H45BN9O2P/c1-6-24-20-29(31(47-3)22-30(24)45-14-10-26(11-15-45)44-18-16-43(2)17-19-44)41-35-39-23-27(36)34(42-35)40-28-9-8-25(21-32(28)48(4,5)46)33-37-12-7-13-38-33/h7-9,12-13,20-23,26H,6,10-11,14-19H2,1-5H3,(H2,39,40,41,42). The third-order valence-corrected chi connectivity index (χ3v) is 10.9. The number of anilines is 5. The van der Waals surface area contributed by atoms with E-state index in [0.29, 0.717) is 40.1 Å². The van der Waals surface area contributed by atoms with E-state index in [1.54, 1.807) is 45.1 Å². The lowest BCUT2D eigenvalue weighted by atomic mass is 9.99. The summed E-state index contributed by atoms with van der Waals surface area (Å²) in [5.41, 5.74) is 5.02. The fourth-order valence-electron chi connectivity index (χ4n) is 6.59. The van der Waals surface area contributed by atoms with Crippen LogP contribution >= 0.6 is 7.14 Å². The molecule has 48 heavy (non-hydrogen) atoms. The van der Waals surface area contributed by atoms with Crippen LogP contribution in [0.2, 0.25) is 0 Å². The van der Waals surface area contributed by atoms with Gasteiger partial charge in [-0.15, -0.1) is 0 Å². The highest BCUT2D eigenvalue weighted by Crippen LogP contribution is 2.40. The van der Waals surface area contributed by atoms with Crippen molar-refractivity contribution in [1.82, 2.24) is 29.7 Å². The molecule has 0 bridgehead atoms. The minimum atomic E-state index is -2.71. The Bertz CT molecular complexity index is 1770. The molecule has 0 amide bonds. The number of hydrogen-bond acceptors (Lipinski definition) is 11. The number of rotatable bonds is 10. The minimum Gasteiger partial charge on any atom is -0.494 e. The van der Waals surface area contributed by atoms with Gasteiger partial charge in [0.15, 0.2) is 5.82 Å². The van der Waals surface area contributed by atoms with Gasteiger partial charge in [0.05, 0.1) is 18.5 Å². The summed E-state index contributed by atoms with van der Waals surface area (Å²) in [5, 5.41) is 7.33. The Balaban J connectivity index is 1.21. The van der Waals surface area contributed by atoms with Crippen molar-refractivity contribution in [2.24, 2.45) is 0 Å². The Labute approximate surface area is 285 Å². The molecule has 0 aliphatic carbocycles. The Hall–Kier alpha value is -3.99. The molecule has 2 aromatic heterocycles. The van der Waals surface area contributed by atoms with E-state index in [4.69, 9.17) is 17.6 Å². The Morgan fingerprint density at radius 1 is 0.958 bits per heavy atom. The summed E-state index contributed by atoms with van der Waals surface area (Å²) >= 11 is 0. The van der Waals surface area contributed by atoms with E-state index >= 15 is 0 Å². The van der Waals surface area contributed by atoms with Crippen molar-refractivity contribution in [2.45, 2.75) is 32.2 Å². The maximum absolute atomic E-state index is 13.4. The second kappa shape index (κ2) is 14.6. The first-order valence-corrected chi connectivity index (χ1v) is 19.2. The number of benzene rings is 2. The van der Waals surface area contributed by atoms with Crippen molar-refractivity contribution in [3.8, 4) is 17.1 Å². The Morgan fingerprint density at radius 3 is 2.35 bits per heavy atom. The van der Waals surface area contributed by atoms with Crippen molar-refractivity contribution >= 4 is 54.6 Å². The van der Waals surface area contributed by atoms with Gasteiger partial charge in [0.1, 0.15) is 26.6 Å². The lowest BCUT2D eigenvalue weighted by Crippen LogP contribution is -2.52. The van der Waals surface area contributed by atoms with E-state index < -0.39 is 7.14 Å². The van der Waals surface area contributed by atoms with Crippen LogP contribution in [0.5, 0.6) is 5.75 Å². The molecule has 0 atom stereocenters. The van der Waals surface area contributed by atoms with Gasteiger partial charge in [0, 0.05) is 86.5 Å². The molecule has 0 unspecified atom stereocenters. The van der Waals surface area contributed by atoms with Gasteiger partial charge in [-0.05, 0) is 81.0 Å². The number of ether oxygens (including phenoxy) is 1. The summed E-state index contributed by atoms with van der Waals surface area (Å²) < 4.78 is 19.3. The van der Waals surface area contributed by atoms with Gasteiger partial charge in [0.2, 0.25) is 5.95 Å². The van der Waals surface area contributed by atoms with E-state index in [1.165, 1.54) is 24.1 Å². The third kappa shape index (κ3) is 7.67. The smallest absolute Gasteiger partial charge is 0.229 e. The number of methoxy groups -OCH3 is 1. The number of hydrogen-bond donors (Lipinski definition) is 2. The van der Waals surface area contributed by atoms with Crippen LogP contribution in [0, 0.1) is 0 Å². The van der Waals surface area contributed by atoms with Crippen molar-refractivity contribution < 1.29 is 9.30 Å². The van der Waals surface area contributed by atoms with Gasteiger partial charge in [-0.2, -0.15) is 4.98 Å². The summed E-state index contributed by atoms with van der Waals surface area (Å²) in [4.78, 5) is 25.5. The zero-order valence-electron chi connectivity index (χ0n) is 28.6. The molecule has 2 N–H and O–H groups in total. The Morgan fingerprint density at radius 2 is 1.69 bits per heavy atom. The molecule has 0 saturated carbocycles. The molecule has 4 heterocycles. The van der Waals surface area contributed by atoms with E-state index in [9.17, 15) is 4.57 Å². The van der Waals surface area contributed by atoms with Crippen molar-refractivity contribution in [3.05, 3.63) is 60.6 Å². The molecule has 2 aliphatic rings. The van der Waals surface area contributed by atoms with Crippen molar-refractivity contribution in [1.29, 1.82) is 0 Å². The van der Waals surface area contributed by atoms with E-state index in [0.717, 1.165) is 62.7 Å². The van der Waals surface area contributed by atoms with Gasteiger partial charge in [-0.25, -0.2) is 15.0 Å². The summed E-state index contributed by atoms with van der Waals surface area (Å²) in [6.07, 6.45) is 8.15. The normalized spacial score (nSPS) is 16.6. The van der Waals surface area contributed by atoms with Crippen LogP contribution in [0.25, 0.3) is 11.4 Å². The predicted molar refractivity (Wildman–Crippen MR) is 197 cm³/mol. The van der Waals surface area contributed by atoms with Crippen LogP contribution in [-0.4, -0.2) is 110 Å². The SMILES string of the molecule is [B]c1cnc(Nc2cc(CC)c(N3CCC(N4CCN(C)CC4)CC3)cc2OC)nc1Nc1ccc(-c2ncccn2)cc1P(C)(C)=O. The number of nitrogens with zero attached hydrogens (tertiary/aromatic N) is 7. The second-order valence-corrected chi connectivity index (χ2v) is 16.2. The lowest BCUT2D eigenvalue weighted by molar-refractivity contribution is 0.0982. The van der Waals surface area contributed by atoms with Crippen molar-refractivity contribution in [3.63, 3.8) is 0 Å². The summed E-state index contributed by atoms with van der Waals surface area (Å²) in [6, 6.07) is 12.3. The quantitative estimate of drug-likeness (QED) is 0.187. The zero-order chi connectivity index (χ0) is 33.8. The van der Waals surface area contributed by atoms with E-state index in [-0.39, 0.29) is 0 Å². The number of likely N-dealkylation sites (N-methyl/N-ethyl adjacent to an activating group) is 1. The molecule has 2 fully saturated rings. The molecule has 4 aromatic rings. The fraction of sp³-hybridized carbons (Fsp3) is 0.429. The molecule has 2 aliphatic heterocycles. The van der Waals surface area contributed by atoms with Gasteiger partial charge in [-0.3, -0.25) is 4.90 Å². The molecular formula is C35H45BN9O2P. The molecule has 6 rings (SSSR count). The largest absolute Gasteiger partial charge is 0.494 e. The van der Waals surface area contributed by atoms with Gasteiger partial charge >= 0.3 is 0 Å². The van der Waals surface area contributed by atoms with Gasteiger partial charge in [0.25, 0.3) is 0 Å². The van der Waals surface area contributed by atoms with Crippen LogP contribution in [0.15, 0.2) is 55.0 Å². The molecule has 0 spiro atoms. The highest BCUT2D eigenvalue weighted by atomic mass is 31.2. The Kier molecular flexibility index (Phi) is 10.3. The van der Waals surface area contributed by atoms with Crippen LogP contribution in [0.4, 0.5) is 28.8 Å². The van der Waals surface area contributed by atoms with Crippen molar-refractivity contribution in [2.75, 3.05) is 82.3 Å². The second-order valence-electron chi connectivity index (χ2n) is 13.0. The minimum absolute atomic E-state index is 0.361. The summed E-state index contributed by atoms with van der Waals surface area (Å²) in [6.45, 7) is 12.3. The maximum atomic E-state index is 13.4. The average molecular weight is 666 g/mol. The first kappa shape index (κ1) is 33.9. The van der Waals surface area contributed by atoms with Crippen LogP contribution in [-0.2, 0) is 11.0 Å². The molecular weight excluding hydrogens is 620 g/mol. The van der Waals surface area contributed by atoms with Gasteiger partial charge < -0.3 is 29.7 Å². The van der Waals surface area contributed by atoms with Crippen LogP contribution < -0.4 is 31.0 Å². The monoisotopic (exact) mass is 665 g/mol. The third-order valence-electron chi connectivity index (χ3n) is 9.36. The molecule has 2 saturated heterocycles. The molecule has 2 radical (unpaired) electrons. The number of nitrogens with one attached hydrogen (secondary N) is 2. The number of aromatic nitrogens is 4. The zero-order valence-corrected chi connectivity index (χ0v) is 29.5. The van der Waals surface area contributed by atoms with Crippen LogP contribution in [0.1, 0.15) is 25.3 Å². The first-order valence-electron chi connectivity index (χ1n) is 16.6. The van der Waals surface area contributed by atoms with Crippen LogP contribution in [0.3, 0.4) is 0 Å². The number of aryl methyl sites for hydroxylation is 1. The topological polar surface area (TPSA) is 112 Å². The molecule has 250 valence electrons. The summed E-state index contributed by atoms with van der Waals surface area (Å²) in [7, 11) is 7.52. The highest BCUT2D eigenvalue weighted by molar-refractivity contribution is 7.70. The average Bonchev–Trinajstić information content (AvgIpc) is 3.10. The fourth-order valence-corrected chi connectivity index (χ4v) is 7.75. The first-order chi connectivity index (χ1) is 23.1. The maximum Gasteiger partial charge on any atom is 0.229 e. The molecule has 2 aromatic carbocycles. The number of piperazine rings is 1.